The van der Waals surface area contributed by atoms with Gasteiger partial charge in [-0.3, -0.25) is 14.5 Å². The summed E-state index contributed by atoms with van der Waals surface area (Å²) in [5, 5.41) is 0. The van der Waals surface area contributed by atoms with Gasteiger partial charge in [0.1, 0.15) is 0 Å². The van der Waals surface area contributed by atoms with Gasteiger partial charge in [-0.15, -0.1) is 11.6 Å². The van der Waals surface area contributed by atoms with Crippen LogP contribution in [0.2, 0.25) is 0 Å². The molecule has 0 radical (unpaired) electrons. The molecule has 3 nitrogen and oxygen atoms in total. The average Bonchev–Trinajstić information content (AvgIpc) is 2.39. The lowest BCUT2D eigenvalue weighted by Gasteiger charge is -2.27. The summed E-state index contributed by atoms with van der Waals surface area (Å²) in [5.41, 5.74) is 1.50. The van der Waals surface area contributed by atoms with E-state index in [2.05, 4.69) is 6.92 Å². The average molecular weight is 280 g/mol. The summed E-state index contributed by atoms with van der Waals surface area (Å²) in [6, 6.07) is 7.33. The number of hydrogen-bond donors (Lipinski definition) is 0. The molecule has 1 aromatic carbocycles. The Kier molecular flexibility index (Phi) is 4.59. The Balaban J connectivity index is 2.07. The molecule has 102 valence electrons. The number of rotatable bonds is 5. The second kappa shape index (κ2) is 6.20. The Hall–Kier alpha value is -1.35. The minimum Gasteiger partial charge on any atom is -0.278 e. The van der Waals surface area contributed by atoms with E-state index in [0.717, 1.165) is 18.4 Å². The summed E-state index contributed by atoms with van der Waals surface area (Å²) in [4.78, 5) is 25.7. The van der Waals surface area contributed by atoms with E-state index < -0.39 is 0 Å². The van der Waals surface area contributed by atoms with Gasteiger partial charge in [-0.2, -0.15) is 0 Å². The molecular weight excluding hydrogens is 262 g/mol. The summed E-state index contributed by atoms with van der Waals surface area (Å²) >= 11 is 5.69. The van der Waals surface area contributed by atoms with E-state index in [1.807, 2.05) is 18.2 Å². The topological polar surface area (TPSA) is 37.4 Å². The fourth-order valence-corrected chi connectivity index (χ4v) is 2.68. The molecule has 0 fully saturated rings. The lowest BCUT2D eigenvalue weighted by Crippen LogP contribution is -2.43. The van der Waals surface area contributed by atoms with Crippen molar-refractivity contribution in [1.82, 2.24) is 4.90 Å². The minimum absolute atomic E-state index is 0.0956. The van der Waals surface area contributed by atoms with Gasteiger partial charge in [0.2, 0.25) is 5.91 Å². The number of carbonyl (C=O) groups is 2. The number of fused-ring (bicyclic) bond motifs is 1. The second-order valence-corrected chi connectivity index (χ2v) is 5.43. The monoisotopic (exact) mass is 279 g/mol. The number of halogens is 1. The summed E-state index contributed by atoms with van der Waals surface area (Å²) in [6.07, 6.45) is 2.05. The van der Waals surface area contributed by atoms with Gasteiger partial charge in [0.25, 0.3) is 5.91 Å². The fraction of sp³-hybridized carbons (Fsp3) is 0.467. The molecule has 1 unspecified atom stereocenters. The van der Waals surface area contributed by atoms with Crippen LogP contribution in [0.5, 0.6) is 0 Å². The SMILES string of the molecule is CC(CCCl)CCN1C(=O)Cc2ccccc2C1=O. The van der Waals surface area contributed by atoms with E-state index in [0.29, 0.717) is 30.3 Å². The van der Waals surface area contributed by atoms with Gasteiger partial charge >= 0.3 is 0 Å². The Morgan fingerprint density at radius 3 is 2.74 bits per heavy atom. The number of benzene rings is 1. The number of imide groups is 1. The molecule has 0 aromatic heterocycles. The third kappa shape index (κ3) is 3.16. The first-order valence-electron chi connectivity index (χ1n) is 6.62. The van der Waals surface area contributed by atoms with Crippen molar-refractivity contribution in [2.75, 3.05) is 12.4 Å². The maximum Gasteiger partial charge on any atom is 0.260 e. The molecule has 1 aliphatic rings. The van der Waals surface area contributed by atoms with Gasteiger partial charge in [-0.05, 0) is 30.4 Å². The molecule has 0 N–H and O–H groups in total. The standard InChI is InChI=1S/C15H18ClNO2/c1-11(6-8-16)7-9-17-14(18)10-12-4-2-3-5-13(12)15(17)19/h2-5,11H,6-10H2,1H3. The normalized spacial score (nSPS) is 16.4. The van der Waals surface area contributed by atoms with Crippen LogP contribution in [0, 0.1) is 5.92 Å². The lowest BCUT2D eigenvalue weighted by atomic mass is 9.97. The van der Waals surface area contributed by atoms with Crippen molar-refractivity contribution in [3.63, 3.8) is 0 Å². The van der Waals surface area contributed by atoms with E-state index in [4.69, 9.17) is 11.6 Å². The van der Waals surface area contributed by atoms with Gasteiger partial charge in [0.15, 0.2) is 0 Å². The molecular formula is C15H18ClNO2. The van der Waals surface area contributed by atoms with Crippen LogP contribution >= 0.6 is 11.6 Å². The van der Waals surface area contributed by atoms with Crippen LogP contribution in [-0.4, -0.2) is 29.1 Å². The van der Waals surface area contributed by atoms with E-state index in [9.17, 15) is 9.59 Å². The Labute approximate surface area is 118 Å². The van der Waals surface area contributed by atoms with Crippen molar-refractivity contribution >= 4 is 23.4 Å². The largest absolute Gasteiger partial charge is 0.278 e. The van der Waals surface area contributed by atoms with E-state index in [1.165, 1.54) is 4.90 Å². The van der Waals surface area contributed by atoms with Crippen LogP contribution in [0.25, 0.3) is 0 Å². The molecule has 2 rings (SSSR count). The van der Waals surface area contributed by atoms with Crippen molar-refractivity contribution in [2.24, 2.45) is 5.92 Å². The van der Waals surface area contributed by atoms with E-state index in [1.54, 1.807) is 6.07 Å². The van der Waals surface area contributed by atoms with E-state index in [-0.39, 0.29) is 11.8 Å². The smallest absolute Gasteiger partial charge is 0.260 e. The Morgan fingerprint density at radius 2 is 2.00 bits per heavy atom. The molecule has 1 aromatic rings. The molecule has 0 saturated heterocycles. The fourth-order valence-electron chi connectivity index (χ4n) is 2.31. The first-order valence-corrected chi connectivity index (χ1v) is 7.15. The quantitative estimate of drug-likeness (QED) is 0.614. The maximum atomic E-state index is 12.3. The van der Waals surface area contributed by atoms with Gasteiger partial charge in [-0.1, -0.05) is 25.1 Å². The highest BCUT2D eigenvalue weighted by Gasteiger charge is 2.30. The Morgan fingerprint density at radius 1 is 1.26 bits per heavy atom. The van der Waals surface area contributed by atoms with Gasteiger partial charge in [-0.25, -0.2) is 0 Å². The zero-order valence-electron chi connectivity index (χ0n) is 11.1. The highest BCUT2D eigenvalue weighted by Crippen LogP contribution is 2.21. The van der Waals surface area contributed by atoms with Crippen molar-refractivity contribution in [3.8, 4) is 0 Å². The second-order valence-electron chi connectivity index (χ2n) is 5.06. The number of nitrogens with zero attached hydrogens (tertiary/aromatic N) is 1. The van der Waals surface area contributed by atoms with Crippen LogP contribution in [0.1, 0.15) is 35.7 Å². The number of amides is 2. The molecule has 0 saturated carbocycles. The third-order valence-corrected chi connectivity index (χ3v) is 3.80. The van der Waals surface area contributed by atoms with Gasteiger partial charge in [0.05, 0.1) is 6.42 Å². The number of carbonyl (C=O) groups excluding carboxylic acids is 2. The zero-order valence-corrected chi connectivity index (χ0v) is 11.8. The first-order chi connectivity index (χ1) is 9.13. The molecule has 4 heteroatoms. The summed E-state index contributed by atoms with van der Waals surface area (Å²) < 4.78 is 0. The molecule has 19 heavy (non-hydrogen) atoms. The molecule has 0 aliphatic carbocycles. The van der Waals surface area contributed by atoms with E-state index >= 15 is 0 Å². The lowest BCUT2D eigenvalue weighted by molar-refractivity contribution is -0.128. The molecule has 1 atom stereocenters. The zero-order chi connectivity index (χ0) is 13.8. The Bertz CT molecular complexity index is 487. The summed E-state index contributed by atoms with van der Waals surface area (Å²) in [6.45, 7) is 2.58. The van der Waals surface area contributed by atoms with Gasteiger partial charge in [0, 0.05) is 18.0 Å². The summed E-state index contributed by atoms with van der Waals surface area (Å²) in [5.74, 6) is 0.785. The predicted octanol–water partition coefficient (Wildman–Crippen LogP) is 2.87. The highest BCUT2D eigenvalue weighted by atomic mass is 35.5. The van der Waals surface area contributed by atoms with Gasteiger partial charge < -0.3 is 0 Å². The summed E-state index contributed by atoms with van der Waals surface area (Å²) in [7, 11) is 0. The van der Waals surface area contributed by atoms with Crippen LogP contribution in [0.3, 0.4) is 0 Å². The highest BCUT2D eigenvalue weighted by molar-refractivity contribution is 6.17. The molecule has 2 amide bonds. The van der Waals surface area contributed by atoms with Crippen LogP contribution < -0.4 is 0 Å². The predicted molar refractivity (Wildman–Crippen MR) is 75.3 cm³/mol. The maximum absolute atomic E-state index is 12.3. The van der Waals surface area contributed by atoms with Crippen LogP contribution in [0.15, 0.2) is 24.3 Å². The molecule has 1 aliphatic heterocycles. The van der Waals surface area contributed by atoms with Crippen molar-refractivity contribution in [3.05, 3.63) is 35.4 Å². The molecule has 0 spiro atoms. The molecule has 1 heterocycles. The minimum atomic E-state index is -0.162. The van der Waals surface area contributed by atoms with Crippen LogP contribution in [-0.2, 0) is 11.2 Å². The number of hydrogen-bond acceptors (Lipinski definition) is 2. The van der Waals surface area contributed by atoms with Crippen molar-refractivity contribution < 1.29 is 9.59 Å². The molecule has 0 bridgehead atoms. The van der Waals surface area contributed by atoms with Crippen molar-refractivity contribution in [1.29, 1.82) is 0 Å². The number of alkyl halides is 1. The van der Waals surface area contributed by atoms with Crippen molar-refractivity contribution in [2.45, 2.75) is 26.2 Å². The third-order valence-electron chi connectivity index (χ3n) is 3.58. The van der Waals surface area contributed by atoms with Crippen LogP contribution in [0.4, 0.5) is 0 Å². The first kappa shape index (κ1) is 14.1.